The van der Waals surface area contributed by atoms with E-state index >= 15 is 0 Å². The van der Waals surface area contributed by atoms with Gasteiger partial charge in [0.2, 0.25) is 0 Å². The predicted molar refractivity (Wildman–Crippen MR) is 72.8 cm³/mol. The molecule has 0 saturated carbocycles. The second kappa shape index (κ2) is 6.08. The molecule has 0 aromatic heterocycles. The summed E-state index contributed by atoms with van der Waals surface area (Å²) in [6, 6.07) is 1.08. The first kappa shape index (κ1) is 13.3. The highest BCUT2D eigenvalue weighted by Crippen LogP contribution is 2.19. The van der Waals surface area contributed by atoms with Crippen molar-refractivity contribution in [3.63, 3.8) is 0 Å². The topological polar surface area (TPSA) is 9.23 Å². The van der Waals surface area contributed by atoms with Crippen molar-refractivity contribution in [3.8, 4) is 11.8 Å². The molecule has 1 heterocycles. The molecule has 88 valence electrons. The first-order valence-electron chi connectivity index (χ1n) is 6.06. The lowest BCUT2D eigenvalue weighted by atomic mass is 10.1. The number of unbranched alkanes of at least 4 members (excludes halogenated alkanes) is 1. The van der Waals surface area contributed by atoms with Gasteiger partial charge in [0.25, 0.3) is 0 Å². The van der Waals surface area contributed by atoms with Crippen molar-refractivity contribution >= 4 is 8.32 Å². The van der Waals surface area contributed by atoms with E-state index < -0.39 is 8.32 Å². The van der Waals surface area contributed by atoms with E-state index in [0.717, 1.165) is 23.6 Å². The number of rotatable bonds is 3. The minimum atomic E-state index is -1.38. The maximum atomic E-state index is 5.83. The molecule has 16 heavy (non-hydrogen) atoms. The molecule has 1 aliphatic rings. The summed E-state index contributed by atoms with van der Waals surface area (Å²) in [5, 5.41) is 0. The third-order valence-corrected chi connectivity index (χ3v) is 4.80. The molecule has 0 aromatic carbocycles. The molecule has 0 amide bonds. The van der Waals surface area contributed by atoms with E-state index in [9.17, 15) is 0 Å². The average molecular weight is 234 g/mol. The maximum Gasteiger partial charge on any atom is 0.191 e. The SMILES string of the molecule is C=C(C#CC1=CC[Si](C)(C)OC1)CCCC. The third-order valence-electron chi connectivity index (χ3n) is 2.69. The molecule has 1 rings (SSSR count). The summed E-state index contributed by atoms with van der Waals surface area (Å²) in [6.07, 6.45) is 5.66. The Hall–Kier alpha value is -0.783. The van der Waals surface area contributed by atoms with Gasteiger partial charge in [0.05, 0.1) is 6.61 Å². The zero-order valence-electron chi connectivity index (χ0n) is 10.7. The molecular weight excluding hydrogens is 212 g/mol. The maximum absolute atomic E-state index is 5.83. The Morgan fingerprint density at radius 3 is 2.88 bits per heavy atom. The molecule has 0 aliphatic carbocycles. The van der Waals surface area contributed by atoms with Gasteiger partial charge in [-0.1, -0.05) is 37.8 Å². The second-order valence-electron chi connectivity index (χ2n) is 4.94. The third kappa shape index (κ3) is 4.83. The molecule has 2 heteroatoms. The number of hydrogen-bond donors (Lipinski definition) is 0. The van der Waals surface area contributed by atoms with Crippen molar-refractivity contribution in [1.29, 1.82) is 0 Å². The monoisotopic (exact) mass is 234 g/mol. The summed E-state index contributed by atoms with van der Waals surface area (Å²) < 4.78 is 5.83. The van der Waals surface area contributed by atoms with Crippen molar-refractivity contribution in [1.82, 2.24) is 0 Å². The quantitative estimate of drug-likeness (QED) is 0.531. The number of hydrogen-bond acceptors (Lipinski definition) is 1. The largest absolute Gasteiger partial charge is 0.412 e. The Labute approximate surface area is 101 Å². The molecular formula is C14H22OSi. The highest BCUT2D eigenvalue weighted by atomic mass is 28.4. The summed E-state index contributed by atoms with van der Waals surface area (Å²) in [5.74, 6) is 6.31. The molecule has 0 unspecified atom stereocenters. The van der Waals surface area contributed by atoms with Gasteiger partial charge in [-0.3, -0.25) is 0 Å². The van der Waals surface area contributed by atoms with Crippen LogP contribution in [0.15, 0.2) is 23.8 Å². The van der Waals surface area contributed by atoms with Crippen molar-refractivity contribution in [2.24, 2.45) is 0 Å². The van der Waals surface area contributed by atoms with Gasteiger partial charge >= 0.3 is 0 Å². The Kier molecular flexibility index (Phi) is 5.04. The van der Waals surface area contributed by atoms with Gasteiger partial charge in [0.15, 0.2) is 8.32 Å². The highest BCUT2D eigenvalue weighted by molar-refractivity contribution is 6.71. The van der Waals surface area contributed by atoms with Crippen molar-refractivity contribution in [3.05, 3.63) is 23.8 Å². The molecule has 0 bridgehead atoms. The molecule has 1 aliphatic heterocycles. The van der Waals surface area contributed by atoms with Crippen LogP contribution >= 0.6 is 0 Å². The molecule has 0 radical (unpaired) electrons. The fourth-order valence-corrected chi connectivity index (χ4v) is 2.87. The predicted octanol–water partition coefficient (Wildman–Crippen LogP) is 3.90. The summed E-state index contributed by atoms with van der Waals surface area (Å²) in [5.41, 5.74) is 2.18. The van der Waals surface area contributed by atoms with Crippen LogP contribution in [0.4, 0.5) is 0 Å². The zero-order valence-corrected chi connectivity index (χ0v) is 11.7. The fraction of sp³-hybridized carbons (Fsp3) is 0.571. The zero-order chi connectivity index (χ0) is 12.0. The summed E-state index contributed by atoms with van der Waals surface area (Å²) in [7, 11) is -1.38. The number of allylic oxidation sites excluding steroid dienone is 2. The lowest BCUT2D eigenvalue weighted by molar-refractivity contribution is 0.341. The van der Waals surface area contributed by atoms with E-state index in [4.69, 9.17) is 4.43 Å². The van der Waals surface area contributed by atoms with Gasteiger partial charge in [-0.25, -0.2) is 0 Å². The van der Waals surface area contributed by atoms with Crippen LogP contribution in [0.5, 0.6) is 0 Å². The fourth-order valence-electron chi connectivity index (χ4n) is 1.47. The molecule has 0 fully saturated rings. The van der Waals surface area contributed by atoms with Crippen LogP contribution in [-0.2, 0) is 4.43 Å². The standard InChI is InChI=1S/C14H22OSi/c1-5-6-7-13(2)8-9-14-10-11-16(3,4)15-12-14/h10H,2,5-7,11-12H2,1,3-4H3. The van der Waals surface area contributed by atoms with Crippen LogP contribution < -0.4 is 0 Å². The minimum Gasteiger partial charge on any atom is -0.412 e. The van der Waals surface area contributed by atoms with E-state index in [0.29, 0.717) is 6.61 Å². The first-order valence-corrected chi connectivity index (χ1v) is 9.18. The molecule has 1 nitrogen and oxygen atoms in total. The van der Waals surface area contributed by atoms with E-state index in [-0.39, 0.29) is 0 Å². The van der Waals surface area contributed by atoms with Gasteiger partial charge < -0.3 is 4.43 Å². The smallest absolute Gasteiger partial charge is 0.191 e. The average Bonchev–Trinajstić information content (AvgIpc) is 2.25. The second-order valence-corrected chi connectivity index (χ2v) is 9.16. The molecule has 0 aromatic rings. The van der Waals surface area contributed by atoms with Crippen molar-refractivity contribution in [2.45, 2.75) is 45.3 Å². The lowest BCUT2D eigenvalue weighted by Gasteiger charge is -2.25. The van der Waals surface area contributed by atoms with Crippen LogP contribution in [-0.4, -0.2) is 14.9 Å². The molecule has 0 N–H and O–H groups in total. The first-order chi connectivity index (χ1) is 7.53. The van der Waals surface area contributed by atoms with E-state index in [2.05, 4.69) is 44.5 Å². The van der Waals surface area contributed by atoms with Crippen LogP contribution in [0.25, 0.3) is 0 Å². The van der Waals surface area contributed by atoms with Crippen LogP contribution in [0, 0.1) is 11.8 Å². The van der Waals surface area contributed by atoms with Crippen LogP contribution in [0.2, 0.25) is 19.1 Å². The van der Waals surface area contributed by atoms with Gasteiger partial charge in [0.1, 0.15) is 0 Å². The van der Waals surface area contributed by atoms with Crippen molar-refractivity contribution in [2.75, 3.05) is 6.61 Å². The highest BCUT2D eigenvalue weighted by Gasteiger charge is 2.24. The summed E-state index contributed by atoms with van der Waals surface area (Å²) in [6.45, 7) is 11.3. The Morgan fingerprint density at radius 1 is 1.56 bits per heavy atom. The Balaban J connectivity index is 2.47. The molecule has 0 atom stereocenters. The van der Waals surface area contributed by atoms with E-state index in [1.807, 2.05) is 0 Å². The minimum absolute atomic E-state index is 0.702. The summed E-state index contributed by atoms with van der Waals surface area (Å²) in [4.78, 5) is 0. The van der Waals surface area contributed by atoms with Gasteiger partial charge in [-0.05, 0) is 37.6 Å². The molecule has 0 spiro atoms. The van der Waals surface area contributed by atoms with E-state index in [1.54, 1.807) is 0 Å². The lowest BCUT2D eigenvalue weighted by Crippen LogP contribution is -2.33. The van der Waals surface area contributed by atoms with E-state index in [1.165, 1.54) is 12.8 Å². The van der Waals surface area contributed by atoms with Gasteiger partial charge in [-0.2, -0.15) is 0 Å². The normalized spacial score (nSPS) is 18.3. The van der Waals surface area contributed by atoms with Gasteiger partial charge in [0, 0.05) is 5.57 Å². The van der Waals surface area contributed by atoms with Gasteiger partial charge in [-0.15, -0.1) is 0 Å². The van der Waals surface area contributed by atoms with Crippen molar-refractivity contribution < 1.29 is 4.43 Å². The Bertz CT molecular complexity index is 341. The summed E-state index contributed by atoms with van der Waals surface area (Å²) >= 11 is 0. The van der Waals surface area contributed by atoms with Crippen LogP contribution in [0.3, 0.4) is 0 Å². The van der Waals surface area contributed by atoms with Crippen LogP contribution in [0.1, 0.15) is 26.2 Å². The Morgan fingerprint density at radius 2 is 2.31 bits per heavy atom. The molecule has 0 saturated heterocycles.